The molecule has 3 nitrogen and oxygen atoms in total. The molecule has 19 heavy (non-hydrogen) atoms. The molecule has 1 amide bonds. The average molecular weight is 252 g/mol. The number of rotatable bonds is 4. The van der Waals surface area contributed by atoms with Crippen LogP contribution in [0.4, 0.5) is 0 Å². The highest BCUT2D eigenvalue weighted by Crippen LogP contribution is 2.41. The van der Waals surface area contributed by atoms with Gasteiger partial charge in [0.15, 0.2) is 0 Å². The molecule has 0 bridgehead atoms. The molecule has 1 aromatic carbocycles. The van der Waals surface area contributed by atoms with E-state index in [2.05, 4.69) is 22.4 Å². The normalized spacial score (nSPS) is 15.8. The molecule has 1 saturated carbocycles. The molecule has 1 heterocycles. The van der Waals surface area contributed by atoms with Crippen molar-refractivity contribution < 1.29 is 4.79 Å². The van der Waals surface area contributed by atoms with Gasteiger partial charge in [-0.2, -0.15) is 0 Å². The van der Waals surface area contributed by atoms with E-state index in [4.69, 9.17) is 0 Å². The van der Waals surface area contributed by atoms with Crippen LogP contribution in [0.15, 0.2) is 54.9 Å². The standard InChI is InChI=1S/C16H16N2O/c19-16(14-8-10-17-11-9-14)18-15(13-6-7-13)12-4-2-1-3-5-12/h1-5,8-11,13,15H,6-7H2,(H,18,19)/t15-/m0/s1. The minimum atomic E-state index is -0.0249. The van der Waals surface area contributed by atoms with Crippen LogP contribution in [0.1, 0.15) is 34.8 Å². The predicted octanol–water partition coefficient (Wildman–Crippen LogP) is 2.96. The summed E-state index contributed by atoms with van der Waals surface area (Å²) >= 11 is 0. The van der Waals surface area contributed by atoms with Gasteiger partial charge in [0.05, 0.1) is 6.04 Å². The topological polar surface area (TPSA) is 42.0 Å². The smallest absolute Gasteiger partial charge is 0.251 e. The summed E-state index contributed by atoms with van der Waals surface area (Å²) in [6.45, 7) is 0. The van der Waals surface area contributed by atoms with E-state index >= 15 is 0 Å². The van der Waals surface area contributed by atoms with Crippen LogP contribution in [0.25, 0.3) is 0 Å². The number of hydrogen-bond donors (Lipinski definition) is 1. The molecule has 1 aliphatic carbocycles. The monoisotopic (exact) mass is 252 g/mol. The van der Waals surface area contributed by atoms with Gasteiger partial charge in [0.1, 0.15) is 0 Å². The summed E-state index contributed by atoms with van der Waals surface area (Å²) in [6, 6.07) is 13.8. The van der Waals surface area contributed by atoms with Gasteiger partial charge in [-0.1, -0.05) is 30.3 Å². The first kappa shape index (κ1) is 11.9. The molecule has 1 N–H and O–H groups in total. The lowest BCUT2D eigenvalue weighted by Gasteiger charge is -2.18. The SMILES string of the molecule is O=C(N[C@@H](c1ccccc1)C1CC1)c1ccncc1. The Kier molecular flexibility index (Phi) is 3.27. The number of nitrogens with one attached hydrogen (secondary N) is 1. The third-order valence-electron chi connectivity index (χ3n) is 3.48. The van der Waals surface area contributed by atoms with Gasteiger partial charge in [0, 0.05) is 18.0 Å². The first-order chi connectivity index (χ1) is 9.34. The van der Waals surface area contributed by atoms with Crippen LogP contribution in [0.3, 0.4) is 0 Å². The fraction of sp³-hybridized carbons (Fsp3) is 0.250. The second-order valence-electron chi connectivity index (χ2n) is 4.94. The summed E-state index contributed by atoms with van der Waals surface area (Å²) in [5.74, 6) is 0.552. The number of carbonyl (C=O) groups excluding carboxylic acids is 1. The lowest BCUT2D eigenvalue weighted by molar-refractivity contribution is 0.0931. The number of benzene rings is 1. The van der Waals surface area contributed by atoms with E-state index in [1.165, 1.54) is 18.4 Å². The maximum absolute atomic E-state index is 12.2. The number of carbonyl (C=O) groups is 1. The van der Waals surface area contributed by atoms with Crippen LogP contribution in [-0.4, -0.2) is 10.9 Å². The molecule has 0 radical (unpaired) electrons. The number of hydrogen-bond acceptors (Lipinski definition) is 2. The molecule has 96 valence electrons. The van der Waals surface area contributed by atoms with Crippen molar-refractivity contribution in [3.05, 3.63) is 66.0 Å². The summed E-state index contributed by atoms with van der Waals surface area (Å²) in [4.78, 5) is 16.2. The Bertz CT molecular complexity index is 549. The van der Waals surface area contributed by atoms with E-state index < -0.39 is 0 Å². The minimum Gasteiger partial charge on any atom is -0.345 e. The van der Waals surface area contributed by atoms with Crippen molar-refractivity contribution >= 4 is 5.91 Å². The first-order valence-corrected chi connectivity index (χ1v) is 6.60. The number of nitrogens with zero attached hydrogens (tertiary/aromatic N) is 1. The van der Waals surface area contributed by atoms with Gasteiger partial charge in [-0.3, -0.25) is 9.78 Å². The number of aromatic nitrogens is 1. The van der Waals surface area contributed by atoms with Crippen molar-refractivity contribution in [3.8, 4) is 0 Å². The number of amides is 1. The van der Waals surface area contributed by atoms with Gasteiger partial charge >= 0.3 is 0 Å². The molecular weight excluding hydrogens is 236 g/mol. The molecule has 0 aliphatic heterocycles. The molecule has 2 aromatic rings. The largest absolute Gasteiger partial charge is 0.345 e. The predicted molar refractivity (Wildman–Crippen MR) is 73.6 cm³/mol. The molecule has 3 rings (SSSR count). The van der Waals surface area contributed by atoms with Gasteiger partial charge in [-0.15, -0.1) is 0 Å². The summed E-state index contributed by atoms with van der Waals surface area (Å²) in [6.07, 6.45) is 5.67. The van der Waals surface area contributed by atoms with Crippen LogP contribution in [0.5, 0.6) is 0 Å². The summed E-state index contributed by atoms with van der Waals surface area (Å²) < 4.78 is 0. The van der Waals surface area contributed by atoms with E-state index in [-0.39, 0.29) is 11.9 Å². The number of pyridine rings is 1. The lowest BCUT2D eigenvalue weighted by atomic mass is 10.0. The summed E-state index contributed by atoms with van der Waals surface area (Å²) in [7, 11) is 0. The first-order valence-electron chi connectivity index (χ1n) is 6.60. The molecule has 0 unspecified atom stereocenters. The van der Waals surface area contributed by atoms with Gasteiger partial charge in [-0.25, -0.2) is 0 Å². The fourth-order valence-corrected chi connectivity index (χ4v) is 2.29. The summed E-state index contributed by atoms with van der Waals surface area (Å²) in [5.41, 5.74) is 1.85. The highest BCUT2D eigenvalue weighted by Gasteiger charge is 2.33. The van der Waals surface area contributed by atoms with Gasteiger partial charge in [-0.05, 0) is 36.5 Å². The Balaban J connectivity index is 1.78. The van der Waals surface area contributed by atoms with Crippen LogP contribution >= 0.6 is 0 Å². The van der Waals surface area contributed by atoms with Gasteiger partial charge < -0.3 is 5.32 Å². The van der Waals surface area contributed by atoms with Crippen molar-refractivity contribution in [1.29, 1.82) is 0 Å². The quantitative estimate of drug-likeness (QED) is 0.909. The van der Waals surface area contributed by atoms with Crippen LogP contribution in [0, 0.1) is 5.92 Å². The molecule has 0 spiro atoms. The average Bonchev–Trinajstić information content (AvgIpc) is 3.31. The molecular formula is C16H16N2O. The fourth-order valence-electron chi connectivity index (χ4n) is 2.29. The third-order valence-corrected chi connectivity index (χ3v) is 3.48. The molecule has 1 atom stereocenters. The summed E-state index contributed by atoms with van der Waals surface area (Å²) in [5, 5.41) is 3.14. The second kappa shape index (κ2) is 5.22. The second-order valence-corrected chi connectivity index (χ2v) is 4.94. The molecule has 0 saturated heterocycles. The van der Waals surface area contributed by atoms with Crippen molar-refractivity contribution in [1.82, 2.24) is 10.3 Å². The van der Waals surface area contributed by atoms with E-state index in [0.717, 1.165) is 0 Å². The minimum absolute atomic E-state index is 0.0249. The zero-order valence-corrected chi connectivity index (χ0v) is 10.6. The molecule has 1 aliphatic rings. The Morgan fingerprint density at radius 1 is 1.11 bits per heavy atom. The molecule has 3 heteroatoms. The van der Waals surface area contributed by atoms with Gasteiger partial charge in [0.25, 0.3) is 5.91 Å². The molecule has 1 fully saturated rings. The Hall–Kier alpha value is -2.16. The van der Waals surface area contributed by atoms with E-state index in [1.807, 2.05) is 18.2 Å². The Labute approximate surface area is 112 Å². The zero-order chi connectivity index (χ0) is 13.1. The zero-order valence-electron chi connectivity index (χ0n) is 10.6. The van der Waals surface area contributed by atoms with Crippen molar-refractivity contribution in [2.75, 3.05) is 0 Å². The van der Waals surface area contributed by atoms with Crippen LogP contribution in [-0.2, 0) is 0 Å². The van der Waals surface area contributed by atoms with Gasteiger partial charge in [0.2, 0.25) is 0 Å². The Morgan fingerprint density at radius 3 is 2.42 bits per heavy atom. The van der Waals surface area contributed by atoms with E-state index in [0.29, 0.717) is 11.5 Å². The maximum atomic E-state index is 12.2. The molecule has 1 aromatic heterocycles. The highest BCUT2D eigenvalue weighted by atomic mass is 16.1. The highest BCUT2D eigenvalue weighted by molar-refractivity contribution is 5.94. The van der Waals surface area contributed by atoms with Crippen LogP contribution < -0.4 is 5.32 Å². The van der Waals surface area contributed by atoms with Crippen molar-refractivity contribution in [2.24, 2.45) is 5.92 Å². The van der Waals surface area contributed by atoms with E-state index in [1.54, 1.807) is 24.5 Å². The lowest BCUT2D eigenvalue weighted by Crippen LogP contribution is -2.29. The van der Waals surface area contributed by atoms with Crippen molar-refractivity contribution in [3.63, 3.8) is 0 Å². The maximum Gasteiger partial charge on any atom is 0.251 e. The van der Waals surface area contributed by atoms with E-state index in [9.17, 15) is 4.79 Å². The Morgan fingerprint density at radius 2 is 1.79 bits per heavy atom. The van der Waals surface area contributed by atoms with Crippen molar-refractivity contribution in [2.45, 2.75) is 18.9 Å². The van der Waals surface area contributed by atoms with Crippen LogP contribution in [0.2, 0.25) is 0 Å². The third kappa shape index (κ3) is 2.81.